The van der Waals surface area contributed by atoms with Crippen LogP contribution in [0.25, 0.3) is 0 Å². The zero-order valence-corrected chi connectivity index (χ0v) is 13.1. The van der Waals surface area contributed by atoms with E-state index in [9.17, 15) is 18.0 Å². The van der Waals surface area contributed by atoms with E-state index in [2.05, 4.69) is 10.6 Å². The maximum Gasteiger partial charge on any atom is 0.418 e. The third kappa shape index (κ3) is 4.53. The quantitative estimate of drug-likeness (QED) is 0.797. The molecule has 0 spiro atoms. The topological polar surface area (TPSA) is 41.1 Å². The second-order valence-corrected chi connectivity index (χ2v) is 5.36. The molecular weight excluding hydrogens is 352 g/mol. The van der Waals surface area contributed by atoms with E-state index in [1.54, 1.807) is 6.07 Å². The highest BCUT2D eigenvalue weighted by atomic mass is 35.5. The van der Waals surface area contributed by atoms with Crippen LogP contribution in [0.3, 0.4) is 0 Å². The zero-order chi connectivity index (χ0) is 17.0. The Morgan fingerprint density at radius 3 is 2.22 bits per heavy atom. The first-order valence-electron chi connectivity index (χ1n) is 6.43. The summed E-state index contributed by atoms with van der Waals surface area (Å²) >= 11 is 11.8. The van der Waals surface area contributed by atoms with E-state index in [1.807, 2.05) is 0 Å². The van der Waals surface area contributed by atoms with E-state index in [1.165, 1.54) is 30.3 Å². The number of nitrogens with one attached hydrogen (secondary N) is 2. The van der Waals surface area contributed by atoms with Crippen LogP contribution < -0.4 is 10.6 Å². The largest absolute Gasteiger partial charge is 0.418 e. The van der Waals surface area contributed by atoms with Gasteiger partial charge < -0.3 is 10.6 Å². The Morgan fingerprint density at radius 1 is 1.00 bits per heavy atom. The van der Waals surface area contributed by atoms with Crippen molar-refractivity contribution in [3.63, 3.8) is 0 Å². The van der Waals surface area contributed by atoms with E-state index in [4.69, 9.17) is 23.2 Å². The minimum Gasteiger partial charge on any atom is -0.376 e. The predicted octanol–water partition coefficient (Wildman–Crippen LogP) is 5.06. The Hall–Kier alpha value is -1.92. The molecule has 0 unspecified atom stereocenters. The molecule has 0 fully saturated rings. The smallest absolute Gasteiger partial charge is 0.376 e. The SMILES string of the molecule is O=C(CNc1ccccc1C(F)(F)F)Nc1c(Cl)cccc1Cl. The summed E-state index contributed by atoms with van der Waals surface area (Å²) < 4.78 is 38.6. The molecule has 0 aliphatic carbocycles. The maximum absolute atomic E-state index is 12.9. The lowest BCUT2D eigenvalue weighted by Gasteiger charge is -2.14. The number of para-hydroxylation sites is 2. The number of rotatable bonds is 4. The average molecular weight is 363 g/mol. The number of amides is 1. The number of anilines is 2. The third-order valence-electron chi connectivity index (χ3n) is 2.90. The molecule has 0 saturated carbocycles. The molecule has 0 heterocycles. The Labute approximate surface area is 140 Å². The van der Waals surface area contributed by atoms with Gasteiger partial charge in [-0.2, -0.15) is 13.2 Å². The number of benzene rings is 2. The normalized spacial score (nSPS) is 11.2. The Kier molecular flexibility index (Phi) is 5.38. The van der Waals surface area contributed by atoms with Crippen LogP contribution >= 0.6 is 23.2 Å². The van der Waals surface area contributed by atoms with Crippen molar-refractivity contribution in [1.82, 2.24) is 0 Å². The molecule has 23 heavy (non-hydrogen) atoms. The molecule has 0 aliphatic heterocycles. The molecular formula is C15H11Cl2F3N2O. The van der Waals surface area contributed by atoms with Crippen molar-refractivity contribution in [3.05, 3.63) is 58.1 Å². The standard InChI is InChI=1S/C15H11Cl2F3N2O/c16-10-5-3-6-11(17)14(10)22-13(23)8-21-12-7-2-1-4-9(12)15(18,19)20/h1-7,21H,8H2,(H,22,23). The van der Waals surface area contributed by atoms with Crippen LogP contribution in [-0.2, 0) is 11.0 Å². The van der Waals surface area contributed by atoms with Gasteiger partial charge in [0, 0.05) is 5.69 Å². The summed E-state index contributed by atoms with van der Waals surface area (Å²) in [6.45, 7) is -0.366. The van der Waals surface area contributed by atoms with Gasteiger partial charge in [0.15, 0.2) is 0 Å². The van der Waals surface area contributed by atoms with Gasteiger partial charge in [-0.3, -0.25) is 4.79 Å². The van der Waals surface area contributed by atoms with Crippen molar-refractivity contribution in [1.29, 1.82) is 0 Å². The van der Waals surface area contributed by atoms with Crippen molar-refractivity contribution < 1.29 is 18.0 Å². The van der Waals surface area contributed by atoms with E-state index < -0.39 is 17.6 Å². The van der Waals surface area contributed by atoms with E-state index in [-0.39, 0.29) is 28.0 Å². The molecule has 0 radical (unpaired) electrons. The lowest BCUT2D eigenvalue weighted by Crippen LogP contribution is -2.23. The fourth-order valence-corrected chi connectivity index (χ4v) is 2.35. The summed E-state index contributed by atoms with van der Waals surface area (Å²) in [5, 5.41) is 5.40. The van der Waals surface area contributed by atoms with Crippen molar-refractivity contribution in [2.45, 2.75) is 6.18 Å². The molecule has 2 aromatic rings. The van der Waals surface area contributed by atoms with Crippen molar-refractivity contribution in [2.24, 2.45) is 0 Å². The lowest BCUT2D eigenvalue weighted by atomic mass is 10.1. The minimum atomic E-state index is -4.51. The number of carbonyl (C=O) groups excluding carboxylic acids is 1. The maximum atomic E-state index is 12.9. The Bertz CT molecular complexity index is 700. The van der Waals surface area contributed by atoms with Gasteiger partial charge in [0.2, 0.25) is 5.91 Å². The Balaban J connectivity index is 2.06. The summed E-state index contributed by atoms with van der Waals surface area (Å²) in [6, 6.07) is 9.59. The van der Waals surface area contributed by atoms with Crippen LogP contribution in [0.5, 0.6) is 0 Å². The molecule has 8 heteroatoms. The summed E-state index contributed by atoms with van der Waals surface area (Å²) in [7, 11) is 0. The molecule has 0 atom stereocenters. The summed E-state index contributed by atoms with van der Waals surface area (Å²) in [5.74, 6) is -0.572. The van der Waals surface area contributed by atoms with Crippen LogP contribution in [-0.4, -0.2) is 12.5 Å². The number of hydrogen-bond donors (Lipinski definition) is 2. The molecule has 2 N–H and O–H groups in total. The van der Waals surface area contributed by atoms with Crippen LogP contribution in [0.15, 0.2) is 42.5 Å². The number of halogens is 5. The van der Waals surface area contributed by atoms with E-state index >= 15 is 0 Å². The van der Waals surface area contributed by atoms with Crippen LogP contribution in [0.1, 0.15) is 5.56 Å². The third-order valence-corrected chi connectivity index (χ3v) is 3.53. The first kappa shape index (κ1) is 17.4. The van der Waals surface area contributed by atoms with E-state index in [0.717, 1.165) is 6.07 Å². The molecule has 2 rings (SSSR count). The van der Waals surface area contributed by atoms with Gasteiger partial charge in [0.25, 0.3) is 0 Å². The Morgan fingerprint density at radius 2 is 1.61 bits per heavy atom. The van der Waals surface area contributed by atoms with Crippen molar-refractivity contribution in [2.75, 3.05) is 17.2 Å². The van der Waals surface area contributed by atoms with E-state index in [0.29, 0.717) is 0 Å². The summed E-state index contributed by atoms with van der Waals surface area (Å²) in [4.78, 5) is 11.9. The predicted molar refractivity (Wildman–Crippen MR) is 85.0 cm³/mol. The van der Waals surface area contributed by atoms with Crippen LogP contribution in [0.4, 0.5) is 24.5 Å². The van der Waals surface area contributed by atoms with Gasteiger partial charge in [-0.15, -0.1) is 0 Å². The van der Waals surface area contributed by atoms with Crippen LogP contribution in [0, 0.1) is 0 Å². The van der Waals surface area contributed by atoms with Gasteiger partial charge in [-0.1, -0.05) is 41.4 Å². The first-order chi connectivity index (χ1) is 10.8. The van der Waals surface area contributed by atoms with Gasteiger partial charge in [0.05, 0.1) is 27.8 Å². The molecule has 122 valence electrons. The molecule has 1 amide bonds. The van der Waals surface area contributed by atoms with Crippen molar-refractivity contribution in [3.8, 4) is 0 Å². The monoisotopic (exact) mass is 362 g/mol. The molecule has 0 aromatic heterocycles. The molecule has 0 aliphatic rings. The second kappa shape index (κ2) is 7.10. The van der Waals surface area contributed by atoms with Gasteiger partial charge >= 0.3 is 6.18 Å². The first-order valence-corrected chi connectivity index (χ1v) is 7.18. The van der Waals surface area contributed by atoms with Crippen molar-refractivity contribution >= 4 is 40.5 Å². The molecule has 3 nitrogen and oxygen atoms in total. The van der Waals surface area contributed by atoms with Gasteiger partial charge in [-0.05, 0) is 24.3 Å². The number of alkyl halides is 3. The number of carbonyl (C=O) groups is 1. The highest BCUT2D eigenvalue weighted by Gasteiger charge is 2.33. The summed E-state index contributed by atoms with van der Waals surface area (Å²) in [5.41, 5.74) is -0.810. The molecule has 0 saturated heterocycles. The fourth-order valence-electron chi connectivity index (χ4n) is 1.86. The summed E-state index contributed by atoms with van der Waals surface area (Å²) in [6.07, 6.45) is -4.51. The highest BCUT2D eigenvalue weighted by molar-refractivity contribution is 6.39. The second-order valence-electron chi connectivity index (χ2n) is 4.54. The molecule has 0 bridgehead atoms. The van der Waals surface area contributed by atoms with Gasteiger partial charge in [-0.25, -0.2) is 0 Å². The minimum absolute atomic E-state index is 0.180. The average Bonchev–Trinajstić information content (AvgIpc) is 2.48. The highest BCUT2D eigenvalue weighted by Crippen LogP contribution is 2.34. The van der Waals surface area contributed by atoms with Gasteiger partial charge in [0.1, 0.15) is 0 Å². The number of hydrogen-bond acceptors (Lipinski definition) is 2. The van der Waals surface area contributed by atoms with Crippen LogP contribution in [0.2, 0.25) is 10.0 Å². The lowest BCUT2D eigenvalue weighted by molar-refractivity contribution is -0.137. The molecule has 2 aromatic carbocycles. The fraction of sp³-hybridized carbons (Fsp3) is 0.133. The zero-order valence-electron chi connectivity index (χ0n) is 11.5.